The summed E-state index contributed by atoms with van der Waals surface area (Å²) in [6.45, 7) is 0.439. The Morgan fingerprint density at radius 2 is 2.17 bits per heavy atom. The van der Waals surface area contributed by atoms with Crippen molar-refractivity contribution in [3.63, 3.8) is 0 Å². The number of nitrogens with one attached hydrogen (secondary N) is 2. The number of nitrogens with zero attached hydrogens (tertiary/aromatic N) is 1. The fraction of sp³-hybridized carbons (Fsp3) is 0.471. The second-order valence-electron chi connectivity index (χ2n) is 6.08. The monoisotopic (exact) mass is 331 g/mol. The number of rotatable bonds is 5. The molecule has 1 spiro atoms. The highest BCUT2D eigenvalue weighted by molar-refractivity contribution is 6.09. The summed E-state index contributed by atoms with van der Waals surface area (Å²) in [5, 5.41) is 5.45. The van der Waals surface area contributed by atoms with Crippen LogP contribution in [-0.4, -0.2) is 49.6 Å². The number of amides is 4. The van der Waals surface area contributed by atoms with Crippen molar-refractivity contribution in [2.24, 2.45) is 0 Å². The van der Waals surface area contributed by atoms with Gasteiger partial charge in [0.15, 0.2) is 0 Å². The summed E-state index contributed by atoms with van der Waals surface area (Å²) < 4.78 is 4.86. The van der Waals surface area contributed by atoms with E-state index in [0.717, 1.165) is 28.9 Å². The summed E-state index contributed by atoms with van der Waals surface area (Å²) in [5.74, 6) is -0.724. The van der Waals surface area contributed by atoms with Crippen LogP contribution in [0.5, 0.6) is 0 Å². The molecule has 1 aromatic carbocycles. The molecule has 7 nitrogen and oxygen atoms in total. The number of ether oxygens (including phenoxy) is 1. The molecule has 2 N–H and O–H groups in total. The summed E-state index contributed by atoms with van der Waals surface area (Å²) in [7, 11) is 1.54. The quantitative estimate of drug-likeness (QED) is 0.609. The van der Waals surface area contributed by atoms with Gasteiger partial charge in [0.2, 0.25) is 5.91 Å². The third-order valence-electron chi connectivity index (χ3n) is 4.58. The van der Waals surface area contributed by atoms with Crippen LogP contribution >= 0.6 is 0 Å². The summed E-state index contributed by atoms with van der Waals surface area (Å²) in [6.07, 6.45) is 2.26. The van der Waals surface area contributed by atoms with Crippen molar-refractivity contribution in [1.29, 1.82) is 0 Å². The van der Waals surface area contributed by atoms with Gasteiger partial charge in [0.1, 0.15) is 12.1 Å². The molecule has 1 aliphatic carbocycles. The van der Waals surface area contributed by atoms with E-state index in [9.17, 15) is 14.4 Å². The van der Waals surface area contributed by atoms with Gasteiger partial charge < -0.3 is 15.4 Å². The van der Waals surface area contributed by atoms with Gasteiger partial charge in [-0.3, -0.25) is 14.5 Å². The molecule has 7 heteroatoms. The summed E-state index contributed by atoms with van der Waals surface area (Å²) in [6, 6.07) is 7.15. The molecule has 1 fully saturated rings. The summed E-state index contributed by atoms with van der Waals surface area (Å²) in [5.41, 5.74) is 0.888. The second-order valence-corrected chi connectivity index (χ2v) is 6.08. The van der Waals surface area contributed by atoms with Crippen LogP contribution in [0.15, 0.2) is 24.3 Å². The fourth-order valence-corrected chi connectivity index (χ4v) is 3.45. The lowest BCUT2D eigenvalue weighted by Gasteiger charge is -2.33. The average Bonchev–Trinajstić information content (AvgIpc) is 2.81. The number of hydrogen-bond acceptors (Lipinski definition) is 4. The van der Waals surface area contributed by atoms with Gasteiger partial charge in [0.25, 0.3) is 5.91 Å². The van der Waals surface area contributed by atoms with Gasteiger partial charge in [-0.15, -0.1) is 0 Å². The predicted octanol–water partition coefficient (Wildman–Crippen LogP) is 0.533. The van der Waals surface area contributed by atoms with Crippen LogP contribution in [0.3, 0.4) is 0 Å². The Hall–Kier alpha value is -2.41. The van der Waals surface area contributed by atoms with Gasteiger partial charge in [-0.2, -0.15) is 0 Å². The molecule has 0 saturated carbocycles. The van der Waals surface area contributed by atoms with Crippen LogP contribution in [0.1, 0.15) is 24.0 Å². The predicted molar refractivity (Wildman–Crippen MR) is 86.2 cm³/mol. The lowest BCUT2D eigenvalue weighted by molar-refractivity contribution is -0.135. The Kier molecular flexibility index (Phi) is 4.53. The molecule has 0 radical (unpaired) electrons. The van der Waals surface area contributed by atoms with Crippen molar-refractivity contribution >= 4 is 17.8 Å². The molecule has 0 bridgehead atoms. The van der Waals surface area contributed by atoms with Crippen LogP contribution in [0.2, 0.25) is 0 Å². The molecule has 1 unspecified atom stereocenters. The first kappa shape index (κ1) is 16.4. The van der Waals surface area contributed by atoms with Crippen LogP contribution in [0, 0.1) is 0 Å². The smallest absolute Gasteiger partial charge is 0.325 e. The van der Waals surface area contributed by atoms with E-state index >= 15 is 0 Å². The third-order valence-corrected chi connectivity index (χ3v) is 4.58. The lowest BCUT2D eigenvalue weighted by Crippen LogP contribution is -2.47. The lowest BCUT2D eigenvalue weighted by atomic mass is 9.76. The standard InChI is InChI=1S/C17H21N3O4/c1-24-10-9-18-14(21)11-20-15(22)17(19-16(20)23)8-4-6-12-5-2-3-7-13(12)17/h2-3,5,7H,4,6,8-11H2,1H3,(H,18,21)(H,19,23). The molecule has 24 heavy (non-hydrogen) atoms. The largest absolute Gasteiger partial charge is 0.383 e. The molecule has 1 atom stereocenters. The van der Waals surface area contributed by atoms with E-state index in [2.05, 4.69) is 10.6 Å². The molecule has 1 heterocycles. The first-order chi connectivity index (χ1) is 11.6. The minimum absolute atomic E-state index is 0.279. The van der Waals surface area contributed by atoms with Crippen molar-refractivity contribution in [2.45, 2.75) is 24.8 Å². The van der Waals surface area contributed by atoms with Crippen LogP contribution in [-0.2, 0) is 26.3 Å². The average molecular weight is 331 g/mol. The number of methoxy groups -OCH3 is 1. The number of carbonyl (C=O) groups is 3. The summed E-state index contributed by atoms with van der Waals surface area (Å²) in [4.78, 5) is 38.2. The minimum atomic E-state index is -1.03. The maximum Gasteiger partial charge on any atom is 0.325 e. The molecule has 1 aliphatic heterocycles. The van der Waals surface area contributed by atoms with E-state index in [1.807, 2.05) is 24.3 Å². The fourth-order valence-electron chi connectivity index (χ4n) is 3.45. The number of fused-ring (bicyclic) bond motifs is 2. The van der Waals surface area contributed by atoms with Gasteiger partial charge in [-0.1, -0.05) is 24.3 Å². The van der Waals surface area contributed by atoms with Crippen molar-refractivity contribution in [3.05, 3.63) is 35.4 Å². The van der Waals surface area contributed by atoms with Gasteiger partial charge in [-0.25, -0.2) is 4.79 Å². The van der Waals surface area contributed by atoms with E-state index < -0.39 is 11.6 Å². The van der Waals surface area contributed by atoms with Crippen LogP contribution in [0.4, 0.5) is 4.79 Å². The second kappa shape index (κ2) is 6.60. The maximum absolute atomic E-state index is 13.0. The Balaban J connectivity index is 1.79. The van der Waals surface area contributed by atoms with Gasteiger partial charge in [0, 0.05) is 13.7 Å². The highest BCUT2D eigenvalue weighted by atomic mass is 16.5. The van der Waals surface area contributed by atoms with E-state index in [4.69, 9.17) is 4.74 Å². The topological polar surface area (TPSA) is 87.7 Å². The number of imide groups is 1. The minimum Gasteiger partial charge on any atom is -0.383 e. The zero-order chi connectivity index (χ0) is 17.2. The van der Waals surface area contributed by atoms with Crippen molar-refractivity contribution in [2.75, 3.05) is 26.8 Å². The molecule has 4 amide bonds. The number of urea groups is 1. The highest BCUT2D eigenvalue weighted by Crippen LogP contribution is 2.39. The highest BCUT2D eigenvalue weighted by Gasteiger charge is 2.54. The van der Waals surface area contributed by atoms with Crippen LogP contribution in [0.25, 0.3) is 0 Å². The zero-order valence-electron chi connectivity index (χ0n) is 13.6. The molecule has 0 aromatic heterocycles. The van der Waals surface area contributed by atoms with Crippen molar-refractivity contribution in [3.8, 4) is 0 Å². The normalized spacial score (nSPS) is 22.5. The Labute approximate surface area is 140 Å². The van der Waals surface area contributed by atoms with E-state index in [1.54, 1.807) is 0 Å². The van der Waals surface area contributed by atoms with Gasteiger partial charge in [0.05, 0.1) is 6.61 Å². The number of aryl methyl sites for hydroxylation is 1. The SMILES string of the molecule is COCCNC(=O)CN1C(=O)NC2(CCCc3ccccc32)C1=O. The first-order valence-electron chi connectivity index (χ1n) is 8.06. The molecular formula is C17H21N3O4. The van der Waals surface area contributed by atoms with E-state index in [0.29, 0.717) is 19.6 Å². The number of hydrogen-bond donors (Lipinski definition) is 2. The summed E-state index contributed by atoms with van der Waals surface area (Å²) >= 11 is 0. The van der Waals surface area contributed by atoms with Crippen molar-refractivity contribution < 1.29 is 19.1 Å². The molecule has 3 rings (SSSR count). The Morgan fingerprint density at radius 3 is 2.96 bits per heavy atom. The number of benzene rings is 1. The third kappa shape index (κ3) is 2.75. The zero-order valence-corrected chi connectivity index (χ0v) is 13.6. The van der Waals surface area contributed by atoms with Gasteiger partial charge in [-0.05, 0) is 30.4 Å². The Bertz CT molecular complexity index is 676. The van der Waals surface area contributed by atoms with Gasteiger partial charge >= 0.3 is 6.03 Å². The van der Waals surface area contributed by atoms with Crippen LogP contribution < -0.4 is 10.6 Å². The number of carbonyl (C=O) groups excluding carboxylic acids is 3. The van der Waals surface area contributed by atoms with E-state index in [1.165, 1.54) is 7.11 Å². The molecule has 1 aromatic rings. The Morgan fingerprint density at radius 1 is 1.38 bits per heavy atom. The molecule has 2 aliphatic rings. The van der Waals surface area contributed by atoms with Crippen molar-refractivity contribution in [1.82, 2.24) is 15.5 Å². The first-order valence-corrected chi connectivity index (χ1v) is 8.06. The maximum atomic E-state index is 13.0. The molecule has 1 saturated heterocycles. The molecule has 128 valence electrons. The van der Waals surface area contributed by atoms with E-state index in [-0.39, 0.29) is 18.4 Å². The molecular weight excluding hydrogens is 310 g/mol.